The van der Waals surface area contributed by atoms with Gasteiger partial charge in [0.2, 0.25) is 5.91 Å². The lowest BCUT2D eigenvalue weighted by Crippen LogP contribution is -2.22. The number of thiophene rings is 1. The van der Waals surface area contributed by atoms with Crippen LogP contribution in [0.3, 0.4) is 0 Å². The summed E-state index contributed by atoms with van der Waals surface area (Å²) >= 11 is 1.39. The number of aromatic nitrogens is 2. The van der Waals surface area contributed by atoms with E-state index in [1.165, 1.54) is 23.5 Å². The number of nitrogens with one attached hydrogen (secondary N) is 2. The zero-order chi connectivity index (χ0) is 23.5. The van der Waals surface area contributed by atoms with Crippen LogP contribution in [-0.4, -0.2) is 21.6 Å². The molecule has 0 bridgehead atoms. The smallest absolute Gasteiger partial charge is 0.261 e. The minimum atomic E-state index is -0.273. The van der Waals surface area contributed by atoms with Gasteiger partial charge in [0, 0.05) is 23.5 Å². The molecule has 0 saturated carbocycles. The van der Waals surface area contributed by atoms with Gasteiger partial charge in [0.15, 0.2) is 0 Å². The average Bonchev–Trinajstić information content (AvgIpc) is 3.36. The Bertz CT molecular complexity index is 1290. The summed E-state index contributed by atoms with van der Waals surface area (Å²) in [4.78, 5) is 26.1. The molecule has 2 aromatic heterocycles. The molecule has 0 aliphatic rings. The van der Waals surface area contributed by atoms with Gasteiger partial charge in [-0.3, -0.25) is 14.3 Å². The highest BCUT2D eigenvalue weighted by molar-refractivity contribution is 7.20. The molecule has 6 nitrogen and oxygen atoms in total. The molecule has 0 fully saturated rings. The summed E-state index contributed by atoms with van der Waals surface area (Å²) in [6.07, 6.45) is 0. The van der Waals surface area contributed by atoms with Gasteiger partial charge >= 0.3 is 0 Å². The third-order valence-corrected chi connectivity index (χ3v) is 6.42. The van der Waals surface area contributed by atoms with E-state index in [2.05, 4.69) is 15.7 Å². The Labute approximate surface area is 195 Å². The molecule has 0 spiro atoms. The molecule has 4 rings (SSSR count). The molecule has 2 amide bonds. The Balaban J connectivity index is 1.42. The van der Waals surface area contributed by atoms with E-state index in [9.17, 15) is 14.0 Å². The van der Waals surface area contributed by atoms with Crippen molar-refractivity contribution in [1.82, 2.24) is 15.1 Å². The topological polar surface area (TPSA) is 76.0 Å². The number of hydrogen-bond acceptors (Lipinski definition) is 4. The van der Waals surface area contributed by atoms with Crippen molar-refractivity contribution in [1.29, 1.82) is 0 Å². The quantitative estimate of drug-likeness (QED) is 0.399. The van der Waals surface area contributed by atoms with E-state index in [1.807, 2.05) is 55.8 Å². The van der Waals surface area contributed by atoms with E-state index < -0.39 is 0 Å². The summed E-state index contributed by atoms with van der Waals surface area (Å²) in [7, 11) is 0. The predicted octanol–water partition coefficient (Wildman–Crippen LogP) is 5.12. The molecule has 170 valence electrons. The molecule has 2 N–H and O–H groups in total. The predicted molar refractivity (Wildman–Crippen MR) is 129 cm³/mol. The van der Waals surface area contributed by atoms with Crippen molar-refractivity contribution in [2.75, 3.05) is 5.32 Å². The number of carbonyl (C=O) groups excluding carboxylic acids is 2. The van der Waals surface area contributed by atoms with Gasteiger partial charge in [0.25, 0.3) is 5.91 Å². The first-order valence-electron chi connectivity index (χ1n) is 10.7. The Hall–Kier alpha value is -3.52. The van der Waals surface area contributed by atoms with Crippen molar-refractivity contribution in [3.8, 4) is 0 Å². The average molecular weight is 465 g/mol. The zero-order valence-electron chi connectivity index (χ0n) is 18.7. The van der Waals surface area contributed by atoms with Gasteiger partial charge in [-0.05, 0) is 48.4 Å². The van der Waals surface area contributed by atoms with Crippen LogP contribution in [0.5, 0.6) is 0 Å². The second-order valence-corrected chi connectivity index (χ2v) is 9.25. The molecule has 2 heterocycles. The van der Waals surface area contributed by atoms with Crippen molar-refractivity contribution >= 4 is 39.1 Å². The highest BCUT2D eigenvalue weighted by Gasteiger charge is 2.16. The second kappa shape index (κ2) is 9.54. The molecule has 2 aromatic carbocycles. The largest absolute Gasteiger partial charge is 0.347 e. The number of anilines is 1. The fraction of sp³-hybridized carbons (Fsp3) is 0.240. The molecular formula is C25H25FN4O2S. The summed E-state index contributed by atoms with van der Waals surface area (Å²) in [6, 6.07) is 15.6. The number of fused-ring (bicyclic) bond motifs is 1. The second-order valence-electron chi connectivity index (χ2n) is 8.22. The van der Waals surface area contributed by atoms with E-state index >= 15 is 0 Å². The van der Waals surface area contributed by atoms with E-state index in [1.54, 1.807) is 12.1 Å². The number of benzene rings is 2. The first kappa shape index (κ1) is 22.7. The van der Waals surface area contributed by atoms with Gasteiger partial charge in [-0.25, -0.2) is 4.39 Å². The van der Waals surface area contributed by atoms with Gasteiger partial charge in [-0.2, -0.15) is 5.10 Å². The third kappa shape index (κ3) is 5.28. The van der Waals surface area contributed by atoms with E-state index in [0.717, 1.165) is 32.7 Å². The summed E-state index contributed by atoms with van der Waals surface area (Å²) in [5, 5.41) is 11.3. The van der Waals surface area contributed by atoms with Crippen LogP contribution in [0.4, 0.5) is 10.1 Å². The monoisotopic (exact) mass is 464 g/mol. The van der Waals surface area contributed by atoms with E-state index in [-0.39, 0.29) is 23.5 Å². The number of rotatable bonds is 7. The number of nitrogens with zero attached hydrogens (tertiary/aromatic N) is 2. The fourth-order valence-corrected chi connectivity index (χ4v) is 4.43. The number of carbonyl (C=O) groups is 2. The van der Waals surface area contributed by atoms with Crippen molar-refractivity contribution < 1.29 is 14.0 Å². The Kier molecular flexibility index (Phi) is 6.55. The highest BCUT2D eigenvalue weighted by atomic mass is 32.1. The van der Waals surface area contributed by atoms with Crippen LogP contribution in [0.15, 0.2) is 54.6 Å². The molecule has 0 aliphatic carbocycles. The first-order chi connectivity index (χ1) is 15.8. The lowest BCUT2D eigenvalue weighted by Gasteiger charge is -2.09. The molecule has 0 aliphatic heterocycles. The number of hydrogen-bond donors (Lipinski definition) is 2. The Morgan fingerprint density at radius 2 is 1.73 bits per heavy atom. The Morgan fingerprint density at radius 3 is 2.39 bits per heavy atom. The lowest BCUT2D eigenvalue weighted by atomic mass is 10.1. The van der Waals surface area contributed by atoms with Crippen LogP contribution in [-0.2, 0) is 17.9 Å². The zero-order valence-corrected chi connectivity index (χ0v) is 19.5. The van der Waals surface area contributed by atoms with Crippen molar-refractivity contribution in [2.45, 2.75) is 33.9 Å². The minimum absolute atomic E-state index is 0.0332. The summed E-state index contributed by atoms with van der Waals surface area (Å²) in [6.45, 7) is 6.49. The van der Waals surface area contributed by atoms with Crippen LogP contribution in [0.1, 0.15) is 40.3 Å². The van der Waals surface area contributed by atoms with Crippen molar-refractivity contribution in [3.05, 3.63) is 82.1 Å². The standard InChI is InChI=1S/C25H25FN4O2S/c1-15(2)23(31)28-20-10-6-17(7-11-20)13-27-24(32)22-12-21-16(3)29-30(25(21)33-22)14-18-4-8-19(26)9-5-18/h4-12,15H,13-14H2,1-3H3,(H,27,32)(H,28,31). The van der Waals surface area contributed by atoms with Gasteiger partial charge in [-0.1, -0.05) is 38.1 Å². The summed E-state index contributed by atoms with van der Waals surface area (Å²) in [5.74, 6) is -0.544. The van der Waals surface area contributed by atoms with Gasteiger partial charge < -0.3 is 10.6 Å². The van der Waals surface area contributed by atoms with Crippen molar-refractivity contribution in [3.63, 3.8) is 0 Å². The highest BCUT2D eigenvalue weighted by Crippen LogP contribution is 2.29. The summed E-state index contributed by atoms with van der Waals surface area (Å²) in [5.41, 5.74) is 3.45. The molecule has 0 saturated heterocycles. The molecule has 0 radical (unpaired) electrons. The maximum atomic E-state index is 13.2. The van der Waals surface area contributed by atoms with E-state index in [0.29, 0.717) is 18.0 Å². The normalized spacial score (nSPS) is 11.2. The minimum Gasteiger partial charge on any atom is -0.347 e. The molecule has 8 heteroatoms. The number of halogens is 1. The van der Waals surface area contributed by atoms with Gasteiger partial charge in [-0.15, -0.1) is 11.3 Å². The Morgan fingerprint density at radius 1 is 1.06 bits per heavy atom. The molecule has 0 atom stereocenters. The van der Waals surface area contributed by atoms with E-state index in [4.69, 9.17) is 0 Å². The molecule has 0 unspecified atom stereocenters. The first-order valence-corrected chi connectivity index (χ1v) is 11.5. The number of amides is 2. The summed E-state index contributed by atoms with van der Waals surface area (Å²) < 4.78 is 15.0. The van der Waals surface area contributed by atoms with Gasteiger partial charge in [0.05, 0.1) is 17.1 Å². The maximum Gasteiger partial charge on any atom is 0.261 e. The molecule has 33 heavy (non-hydrogen) atoms. The van der Waals surface area contributed by atoms with Crippen LogP contribution < -0.4 is 10.6 Å². The lowest BCUT2D eigenvalue weighted by molar-refractivity contribution is -0.118. The van der Waals surface area contributed by atoms with Crippen LogP contribution in [0.2, 0.25) is 0 Å². The number of aryl methyl sites for hydroxylation is 1. The van der Waals surface area contributed by atoms with Gasteiger partial charge in [0.1, 0.15) is 10.6 Å². The molecule has 4 aromatic rings. The third-order valence-electron chi connectivity index (χ3n) is 5.28. The SMILES string of the molecule is Cc1nn(Cc2ccc(F)cc2)c2sc(C(=O)NCc3ccc(NC(=O)C(C)C)cc3)cc12. The molecular weight excluding hydrogens is 439 g/mol. The van der Waals surface area contributed by atoms with Crippen LogP contribution >= 0.6 is 11.3 Å². The van der Waals surface area contributed by atoms with Crippen molar-refractivity contribution in [2.24, 2.45) is 5.92 Å². The fourth-order valence-electron chi connectivity index (χ4n) is 3.36. The maximum absolute atomic E-state index is 13.2. The van der Waals surface area contributed by atoms with Crippen LogP contribution in [0.25, 0.3) is 10.2 Å². The van der Waals surface area contributed by atoms with Crippen LogP contribution in [0, 0.1) is 18.7 Å².